The number of ether oxygens (including phenoxy) is 1. The topological polar surface area (TPSA) is 87.0 Å². The molecule has 3 N–H and O–H groups in total. The Bertz CT molecular complexity index is 524. The predicted octanol–water partition coefficient (Wildman–Crippen LogP) is 2.45. The van der Waals surface area contributed by atoms with E-state index in [2.05, 4.69) is 24.3 Å². The van der Waals surface area contributed by atoms with Gasteiger partial charge in [0.25, 0.3) is 0 Å². The molecule has 0 amide bonds. The molecule has 1 aliphatic heterocycles. The highest BCUT2D eigenvalue weighted by Crippen LogP contribution is 2.35. The van der Waals surface area contributed by atoms with E-state index in [9.17, 15) is 0 Å². The summed E-state index contributed by atoms with van der Waals surface area (Å²) in [6, 6.07) is 16.4. The largest absolute Gasteiger partial charge is 0.466 e. The van der Waals surface area contributed by atoms with Crippen molar-refractivity contribution >= 4 is 7.82 Å². The zero-order valence-corrected chi connectivity index (χ0v) is 10.8. The molecule has 0 spiro atoms. The summed E-state index contributed by atoms with van der Waals surface area (Å²) in [5, 5.41) is 0. The molecule has 0 aromatic heterocycles. The van der Waals surface area contributed by atoms with Crippen LogP contribution in [0.4, 0.5) is 0 Å². The number of rotatable bonds is 0. The van der Waals surface area contributed by atoms with E-state index in [-0.39, 0.29) is 0 Å². The normalized spacial score (nSPS) is 12.4. The minimum Gasteiger partial charge on any atom is -0.457 e. The fraction of sp³-hybridized carbons (Fsp3) is 0.0769. The van der Waals surface area contributed by atoms with Crippen molar-refractivity contribution in [1.82, 2.24) is 0 Å². The van der Waals surface area contributed by atoms with Gasteiger partial charge in [-0.1, -0.05) is 36.4 Å². The predicted molar refractivity (Wildman–Crippen MR) is 70.0 cm³/mol. The molecular formula is C13H13O5P. The first-order valence-corrected chi connectivity index (χ1v) is 7.12. The summed E-state index contributed by atoms with van der Waals surface area (Å²) in [4.78, 5) is 21.6. The molecule has 0 aliphatic carbocycles. The van der Waals surface area contributed by atoms with Crippen LogP contribution in [0.25, 0.3) is 0 Å². The first-order chi connectivity index (χ1) is 8.93. The Hall–Kier alpha value is -1.65. The fourth-order valence-electron chi connectivity index (χ4n) is 1.82. The van der Waals surface area contributed by atoms with Gasteiger partial charge in [0.15, 0.2) is 0 Å². The Labute approximate surface area is 110 Å². The first-order valence-electron chi connectivity index (χ1n) is 5.55. The molecule has 2 aromatic carbocycles. The quantitative estimate of drug-likeness (QED) is 0.551. The van der Waals surface area contributed by atoms with Crippen molar-refractivity contribution < 1.29 is 24.0 Å². The van der Waals surface area contributed by atoms with Crippen LogP contribution in [0.15, 0.2) is 48.5 Å². The summed E-state index contributed by atoms with van der Waals surface area (Å²) in [6.07, 6.45) is 0.979. The second-order valence-corrected chi connectivity index (χ2v) is 5.03. The smallest absolute Gasteiger partial charge is 0.457 e. The summed E-state index contributed by atoms with van der Waals surface area (Å²) >= 11 is 0. The number of hydrogen-bond donors (Lipinski definition) is 3. The van der Waals surface area contributed by atoms with Crippen molar-refractivity contribution in [3.05, 3.63) is 59.7 Å². The molecule has 0 atom stereocenters. The highest BCUT2D eigenvalue weighted by molar-refractivity contribution is 7.45. The summed E-state index contributed by atoms with van der Waals surface area (Å²) < 4.78 is 14.7. The molecule has 1 heterocycles. The van der Waals surface area contributed by atoms with Gasteiger partial charge in [-0.25, -0.2) is 4.57 Å². The van der Waals surface area contributed by atoms with Crippen LogP contribution in [-0.2, 0) is 11.0 Å². The zero-order chi connectivity index (χ0) is 13.9. The second-order valence-electron chi connectivity index (χ2n) is 4.01. The third-order valence-corrected chi connectivity index (χ3v) is 2.55. The van der Waals surface area contributed by atoms with E-state index in [1.54, 1.807) is 0 Å². The summed E-state index contributed by atoms with van der Waals surface area (Å²) in [7, 11) is -4.64. The minimum atomic E-state index is -4.64. The van der Waals surface area contributed by atoms with Crippen LogP contribution in [0.5, 0.6) is 11.5 Å². The molecule has 2 aromatic rings. The molecule has 5 nitrogen and oxygen atoms in total. The van der Waals surface area contributed by atoms with Crippen LogP contribution in [0, 0.1) is 0 Å². The van der Waals surface area contributed by atoms with Crippen molar-refractivity contribution in [2.75, 3.05) is 0 Å². The summed E-state index contributed by atoms with van der Waals surface area (Å²) in [5.74, 6) is 1.98. The van der Waals surface area contributed by atoms with Crippen molar-refractivity contribution in [3.8, 4) is 11.5 Å². The van der Waals surface area contributed by atoms with Gasteiger partial charge in [0, 0.05) is 6.42 Å². The number of phosphoric acid groups is 1. The van der Waals surface area contributed by atoms with E-state index in [4.69, 9.17) is 24.0 Å². The van der Waals surface area contributed by atoms with E-state index in [0.29, 0.717) is 0 Å². The molecule has 0 saturated heterocycles. The number of benzene rings is 2. The Balaban J connectivity index is 0.000000232. The third kappa shape index (κ3) is 4.19. The molecule has 0 fully saturated rings. The number of hydrogen-bond acceptors (Lipinski definition) is 2. The number of para-hydroxylation sites is 2. The van der Waals surface area contributed by atoms with E-state index >= 15 is 0 Å². The maximum atomic E-state index is 8.88. The molecule has 6 heteroatoms. The zero-order valence-electron chi connectivity index (χ0n) is 9.93. The number of fused-ring (bicyclic) bond motifs is 2. The lowest BCUT2D eigenvalue weighted by Gasteiger charge is -2.19. The van der Waals surface area contributed by atoms with Crippen LogP contribution >= 0.6 is 7.82 Å². The standard InChI is InChI=1S/C13H10O.H3O4P/c1-3-7-12-10(5-1)9-11-6-2-4-8-13(11)14-12;1-5(2,3)4/h1-8H,9H2;(H3,1,2,3,4). The average molecular weight is 280 g/mol. The molecule has 100 valence electrons. The van der Waals surface area contributed by atoms with E-state index in [1.165, 1.54) is 11.1 Å². The van der Waals surface area contributed by atoms with Crippen LogP contribution in [0.2, 0.25) is 0 Å². The van der Waals surface area contributed by atoms with Gasteiger partial charge in [-0.05, 0) is 23.3 Å². The van der Waals surface area contributed by atoms with Gasteiger partial charge >= 0.3 is 7.82 Å². The van der Waals surface area contributed by atoms with E-state index < -0.39 is 7.82 Å². The molecule has 0 bridgehead atoms. The van der Waals surface area contributed by atoms with E-state index in [0.717, 1.165) is 17.9 Å². The van der Waals surface area contributed by atoms with Gasteiger partial charge in [0.1, 0.15) is 11.5 Å². The molecular weight excluding hydrogens is 267 g/mol. The molecule has 0 saturated carbocycles. The van der Waals surface area contributed by atoms with E-state index in [1.807, 2.05) is 24.3 Å². The monoisotopic (exact) mass is 280 g/mol. The average Bonchev–Trinajstić information content (AvgIpc) is 2.34. The summed E-state index contributed by atoms with van der Waals surface area (Å²) in [5.41, 5.74) is 2.54. The molecule has 0 radical (unpaired) electrons. The second kappa shape index (κ2) is 5.55. The van der Waals surface area contributed by atoms with Crippen LogP contribution in [0.1, 0.15) is 11.1 Å². The van der Waals surface area contributed by atoms with Gasteiger partial charge in [0.2, 0.25) is 0 Å². The van der Waals surface area contributed by atoms with Gasteiger partial charge in [0.05, 0.1) is 0 Å². The maximum Gasteiger partial charge on any atom is 0.466 e. The van der Waals surface area contributed by atoms with Crippen molar-refractivity contribution in [3.63, 3.8) is 0 Å². The van der Waals surface area contributed by atoms with Crippen molar-refractivity contribution in [1.29, 1.82) is 0 Å². The van der Waals surface area contributed by atoms with Gasteiger partial charge in [-0.2, -0.15) is 0 Å². The van der Waals surface area contributed by atoms with Gasteiger partial charge < -0.3 is 19.4 Å². The van der Waals surface area contributed by atoms with Crippen LogP contribution < -0.4 is 4.74 Å². The Morgan fingerprint density at radius 3 is 1.63 bits per heavy atom. The SMILES string of the molecule is O=P(O)(O)O.c1ccc2c(c1)Cc1ccccc1O2. The van der Waals surface area contributed by atoms with Gasteiger partial charge in [-0.15, -0.1) is 0 Å². The minimum absolute atomic E-state index is 0.979. The maximum absolute atomic E-state index is 8.88. The third-order valence-electron chi connectivity index (χ3n) is 2.55. The lowest BCUT2D eigenvalue weighted by atomic mass is 10.0. The van der Waals surface area contributed by atoms with Crippen LogP contribution in [-0.4, -0.2) is 14.7 Å². The van der Waals surface area contributed by atoms with Gasteiger partial charge in [-0.3, -0.25) is 0 Å². The molecule has 1 aliphatic rings. The Kier molecular flexibility index (Phi) is 4.02. The highest BCUT2D eigenvalue weighted by atomic mass is 31.2. The van der Waals surface area contributed by atoms with Crippen LogP contribution in [0.3, 0.4) is 0 Å². The Morgan fingerprint density at radius 2 is 1.21 bits per heavy atom. The lowest BCUT2D eigenvalue weighted by molar-refractivity contribution is 0.275. The Morgan fingerprint density at radius 1 is 0.842 bits per heavy atom. The summed E-state index contributed by atoms with van der Waals surface area (Å²) in [6.45, 7) is 0. The molecule has 19 heavy (non-hydrogen) atoms. The van der Waals surface area contributed by atoms with Crippen molar-refractivity contribution in [2.45, 2.75) is 6.42 Å². The van der Waals surface area contributed by atoms with Crippen molar-refractivity contribution in [2.24, 2.45) is 0 Å². The molecule has 3 rings (SSSR count). The lowest BCUT2D eigenvalue weighted by Crippen LogP contribution is -2.01. The fourth-order valence-corrected chi connectivity index (χ4v) is 1.82. The molecule has 0 unspecified atom stereocenters. The highest BCUT2D eigenvalue weighted by Gasteiger charge is 2.14. The first kappa shape index (κ1) is 13.8.